The van der Waals surface area contributed by atoms with Crippen molar-refractivity contribution in [3.05, 3.63) is 83.5 Å². The number of halogens is 1. The molecule has 0 fully saturated rings. The molecule has 1 unspecified atom stereocenters. The number of hydrogen-bond acceptors (Lipinski definition) is 3. The number of nitrogens with zero attached hydrogens (tertiary/aromatic N) is 1. The molecule has 0 saturated heterocycles. The van der Waals surface area contributed by atoms with E-state index >= 15 is 0 Å². The maximum absolute atomic E-state index is 13.2. The van der Waals surface area contributed by atoms with Gasteiger partial charge in [0.1, 0.15) is 0 Å². The Labute approximate surface area is 146 Å². The molecule has 1 atom stereocenters. The number of aromatic nitrogens is 1. The molecule has 0 aliphatic heterocycles. The van der Waals surface area contributed by atoms with E-state index in [9.17, 15) is 8.42 Å². The fourth-order valence-corrected chi connectivity index (χ4v) is 4.32. The lowest BCUT2D eigenvalue weighted by Gasteiger charge is -2.16. The van der Waals surface area contributed by atoms with Crippen molar-refractivity contribution in [2.75, 3.05) is 0 Å². The van der Waals surface area contributed by atoms with Crippen molar-refractivity contribution in [2.45, 2.75) is 17.1 Å². The molecular weight excluding hydrogens is 342 g/mol. The summed E-state index contributed by atoms with van der Waals surface area (Å²) in [5.41, 5.74) is 1.95. The molecular formula is C19H16ClNO2S. The summed E-state index contributed by atoms with van der Waals surface area (Å²) in [5, 5.41) is -0.100. The van der Waals surface area contributed by atoms with E-state index in [4.69, 9.17) is 11.6 Å². The van der Waals surface area contributed by atoms with Crippen molar-refractivity contribution >= 4 is 21.4 Å². The van der Waals surface area contributed by atoms with Gasteiger partial charge < -0.3 is 0 Å². The molecule has 3 rings (SSSR count). The maximum atomic E-state index is 13.2. The molecule has 5 heteroatoms. The van der Waals surface area contributed by atoms with Gasteiger partial charge in [-0.1, -0.05) is 48.0 Å². The van der Waals surface area contributed by atoms with Crippen LogP contribution in [-0.4, -0.2) is 13.4 Å². The van der Waals surface area contributed by atoms with Crippen LogP contribution in [0.1, 0.15) is 17.7 Å². The fraction of sp³-hybridized carbons (Fsp3) is 0.105. The Hall–Kier alpha value is -2.17. The van der Waals surface area contributed by atoms with E-state index in [1.807, 2.05) is 12.1 Å². The number of hydrogen-bond donors (Lipinski definition) is 0. The van der Waals surface area contributed by atoms with Gasteiger partial charge in [-0.2, -0.15) is 0 Å². The maximum Gasteiger partial charge on any atom is 0.185 e. The van der Waals surface area contributed by atoms with E-state index in [1.165, 1.54) is 0 Å². The van der Waals surface area contributed by atoms with Crippen LogP contribution in [0.3, 0.4) is 0 Å². The van der Waals surface area contributed by atoms with E-state index in [0.717, 1.165) is 0 Å². The van der Waals surface area contributed by atoms with Crippen molar-refractivity contribution in [1.82, 2.24) is 4.98 Å². The highest BCUT2D eigenvalue weighted by Gasteiger charge is 2.27. The Morgan fingerprint density at radius 3 is 2.25 bits per heavy atom. The Kier molecular flexibility index (Phi) is 4.69. The van der Waals surface area contributed by atoms with Gasteiger partial charge in [-0.3, -0.25) is 4.98 Å². The summed E-state index contributed by atoms with van der Waals surface area (Å²) in [6.45, 7) is 1.69. The molecule has 2 aromatic carbocycles. The van der Waals surface area contributed by atoms with Crippen molar-refractivity contribution in [3.63, 3.8) is 0 Å². The largest absolute Gasteiger partial charge is 0.256 e. The van der Waals surface area contributed by atoms with Crippen LogP contribution < -0.4 is 0 Å². The van der Waals surface area contributed by atoms with Crippen LogP contribution in [-0.2, 0) is 9.84 Å². The standard InChI is InChI=1S/C19H16ClNO2S/c1-14(15-9-11-16(20)12-10-15)24(22,23)19-8-3-2-6-17(19)18-7-4-5-13-21-18/h2-14H,1H3. The SMILES string of the molecule is CC(c1ccc(Cl)cc1)S(=O)(=O)c1ccccc1-c1ccccn1. The predicted molar refractivity (Wildman–Crippen MR) is 96.7 cm³/mol. The van der Waals surface area contributed by atoms with E-state index in [2.05, 4.69) is 4.98 Å². The Balaban J connectivity index is 2.09. The minimum atomic E-state index is -3.57. The van der Waals surface area contributed by atoms with Crippen molar-refractivity contribution in [3.8, 4) is 11.3 Å². The molecule has 122 valence electrons. The molecule has 1 aromatic heterocycles. The zero-order valence-electron chi connectivity index (χ0n) is 13.1. The van der Waals surface area contributed by atoms with E-state index in [-0.39, 0.29) is 4.90 Å². The van der Waals surface area contributed by atoms with Crippen LogP contribution in [0.2, 0.25) is 5.02 Å². The van der Waals surface area contributed by atoms with Crippen molar-refractivity contribution < 1.29 is 8.42 Å². The lowest BCUT2D eigenvalue weighted by atomic mass is 10.1. The zero-order valence-corrected chi connectivity index (χ0v) is 14.6. The molecule has 0 amide bonds. The average Bonchev–Trinajstić information content (AvgIpc) is 2.62. The van der Waals surface area contributed by atoms with Gasteiger partial charge in [0, 0.05) is 16.8 Å². The van der Waals surface area contributed by atoms with Crippen LogP contribution in [0, 0.1) is 0 Å². The minimum Gasteiger partial charge on any atom is -0.256 e. The van der Waals surface area contributed by atoms with Crippen LogP contribution in [0.4, 0.5) is 0 Å². The predicted octanol–water partition coefficient (Wildman–Crippen LogP) is 4.94. The first-order valence-corrected chi connectivity index (χ1v) is 9.42. The fourth-order valence-electron chi connectivity index (χ4n) is 2.55. The number of sulfone groups is 1. The first kappa shape index (κ1) is 16.7. The van der Waals surface area contributed by atoms with Gasteiger partial charge in [0.25, 0.3) is 0 Å². The lowest BCUT2D eigenvalue weighted by Crippen LogP contribution is -2.12. The molecule has 0 saturated carbocycles. The second-order valence-electron chi connectivity index (χ2n) is 5.45. The third-order valence-electron chi connectivity index (χ3n) is 3.94. The van der Waals surface area contributed by atoms with Gasteiger partial charge >= 0.3 is 0 Å². The molecule has 0 N–H and O–H groups in total. The van der Waals surface area contributed by atoms with Crippen LogP contribution in [0.5, 0.6) is 0 Å². The normalized spacial score (nSPS) is 12.8. The van der Waals surface area contributed by atoms with E-state index < -0.39 is 15.1 Å². The molecule has 24 heavy (non-hydrogen) atoms. The van der Waals surface area contributed by atoms with Crippen molar-refractivity contribution in [1.29, 1.82) is 0 Å². The first-order chi connectivity index (χ1) is 11.5. The second-order valence-corrected chi connectivity index (χ2v) is 8.12. The summed E-state index contributed by atoms with van der Waals surface area (Å²) in [7, 11) is -3.57. The highest BCUT2D eigenvalue weighted by molar-refractivity contribution is 7.91. The number of rotatable bonds is 4. The van der Waals surface area contributed by atoms with Gasteiger partial charge in [0.2, 0.25) is 0 Å². The summed E-state index contributed by atoms with van der Waals surface area (Å²) in [5.74, 6) is 0. The molecule has 0 radical (unpaired) electrons. The summed E-state index contributed by atoms with van der Waals surface area (Å²) >= 11 is 5.90. The van der Waals surface area contributed by atoms with Gasteiger partial charge in [0.15, 0.2) is 9.84 Å². The monoisotopic (exact) mass is 357 g/mol. The van der Waals surface area contributed by atoms with Crippen LogP contribution >= 0.6 is 11.6 Å². The third-order valence-corrected chi connectivity index (χ3v) is 6.36. The molecule has 0 aliphatic carbocycles. The van der Waals surface area contributed by atoms with Crippen LogP contribution in [0.25, 0.3) is 11.3 Å². The van der Waals surface area contributed by atoms with E-state index in [0.29, 0.717) is 21.8 Å². The highest BCUT2D eigenvalue weighted by Crippen LogP contribution is 2.34. The summed E-state index contributed by atoms with van der Waals surface area (Å²) in [6.07, 6.45) is 1.65. The minimum absolute atomic E-state index is 0.283. The van der Waals surface area contributed by atoms with Gasteiger partial charge in [-0.25, -0.2) is 8.42 Å². The molecule has 3 nitrogen and oxygen atoms in total. The average molecular weight is 358 g/mol. The molecule has 0 spiro atoms. The Morgan fingerprint density at radius 2 is 1.58 bits per heavy atom. The summed E-state index contributed by atoms with van der Waals surface area (Å²) in [6, 6.07) is 19.3. The van der Waals surface area contributed by atoms with Gasteiger partial charge in [-0.05, 0) is 42.8 Å². The molecule has 0 bridgehead atoms. The smallest absolute Gasteiger partial charge is 0.185 e. The van der Waals surface area contributed by atoms with Crippen LogP contribution in [0.15, 0.2) is 77.8 Å². The second kappa shape index (κ2) is 6.75. The summed E-state index contributed by atoms with van der Waals surface area (Å²) in [4.78, 5) is 4.57. The first-order valence-electron chi connectivity index (χ1n) is 7.50. The van der Waals surface area contributed by atoms with E-state index in [1.54, 1.807) is 67.7 Å². The van der Waals surface area contributed by atoms with Crippen molar-refractivity contribution in [2.24, 2.45) is 0 Å². The third kappa shape index (κ3) is 3.21. The topological polar surface area (TPSA) is 47.0 Å². The molecule has 1 heterocycles. The molecule has 3 aromatic rings. The quantitative estimate of drug-likeness (QED) is 0.664. The summed E-state index contributed by atoms with van der Waals surface area (Å²) < 4.78 is 26.3. The zero-order chi connectivity index (χ0) is 17.2. The Morgan fingerprint density at radius 1 is 0.917 bits per heavy atom. The highest BCUT2D eigenvalue weighted by atomic mass is 35.5. The van der Waals surface area contributed by atoms with Gasteiger partial charge in [-0.15, -0.1) is 0 Å². The number of pyridine rings is 1. The van der Waals surface area contributed by atoms with Gasteiger partial charge in [0.05, 0.1) is 15.8 Å². The number of benzene rings is 2. The lowest BCUT2D eigenvalue weighted by molar-refractivity contribution is 0.586. The Bertz CT molecular complexity index is 939. The molecule has 0 aliphatic rings.